The van der Waals surface area contributed by atoms with E-state index in [1.807, 2.05) is 6.07 Å². The molecule has 0 saturated heterocycles. The van der Waals surface area contributed by atoms with Crippen LogP contribution in [-0.4, -0.2) is 5.91 Å². The quantitative estimate of drug-likeness (QED) is 0.916. The number of benzene rings is 2. The Morgan fingerprint density at radius 3 is 2.17 bits per heavy atom. The average Bonchev–Trinajstić information content (AvgIpc) is 2.45. The van der Waals surface area contributed by atoms with Gasteiger partial charge in [-0.05, 0) is 53.6 Å². The van der Waals surface area contributed by atoms with E-state index in [2.05, 4.69) is 46.8 Å². The van der Waals surface area contributed by atoms with Crippen molar-refractivity contribution in [2.24, 2.45) is 5.73 Å². The lowest BCUT2D eigenvalue weighted by Gasteiger charge is -2.22. The number of carbonyl (C=O) groups is 1. The van der Waals surface area contributed by atoms with Gasteiger partial charge in [-0.1, -0.05) is 45.0 Å². The summed E-state index contributed by atoms with van der Waals surface area (Å²) in [7, 11) is 0. The summed E-state index contributed by atoms with van der Waals surface area (Å²) >= 11 is 0. The molecule has 0 aliphatic heterocycles. The Morgan fingerprint density at radius 2 is 1.65 bits per heavy atom. The highest BCUT2D eigenvalue weighted by atomic mass is 16.5. The Balaban J connectivity index is 2.27. The zero-order valence-corrected chi connectivity index (χ0v) is 14.6. The third-order valence-electron chi connectivity index (χ3n) is 4.09. The first kappa shape index (κ1) is 17.1. The highest BCUT2D eigenvalue weighted by Gasteiger charge is 2.17. The second-order valence-corrected chi connectivity index (χ2v) is 6.99. The Hall–Kier alpha value is -2.29. The van der Waals surface area contributed by atoms with Crippen molar-refractivity contribution >= 4 is 5.91 Å². The van der Waals surface area contributed by atoms with Gasteiger partial charge in [-0.3, -0.25) is 4.79 Å². The number of hydrogen-bond donors (Lipinski definition) is 1. The molecule has 0 spiro atoms. The second kappa shape index (κ2) is 6.45. The lowest BCUT2D eigenvalue weighted by Crippen LogP contribution is -2.14. The standard InChI is InChI=1S/C20H25NO2/c1-13-10-15(20(3,4)5)11-14(2)17(13)12-23-18-9-7-6-8-16(18)19(21)22/h6-11H,12H2,1-5H3,(H2,21,22). The summed E-state index contributed by atoms with van der Waals surface area (Å²) in [5, 5.41) is 0. The van der Waals surface area contributed by atoms with Gasteiger partial charge in [-0.2, -0.15) is 0 Å². The lowest BCUT2D eigenvalue weighted by molar-refractivity contribution is 0.0996. The van der Waals surface area contributed by atoms with Crippen LogP contribution in [0.3, 0.4) is 0 Å². The van der Waals surface area contributed by atoms with Crippen molar-refractivity contribution < 1.29 is 9.53 Å². The van der Waals surface area contributed by atoms with E-state index in [1.54, 1.807) is 18.2 Å². The number of aryl methyl sites for hydroxylation is 2. The normalized spacial score (nSPS) is 11.3. The van der Waals surface area contributed by atoms with Crippen LogP contribution in [0.2, 0.25) is 0 Å². The summed E-state index contributed by atoms with van der Waals surface area (Å²) in [6.45, 7) is 11.2. The molecule has 0 heterocycles. The molecule has 2 rings (SSSR count). The highest BCUT2D eigenvalue weighted by molar-refractivity contribution is 5.95. The molecule has 0 bridgehead atoms. The Morgan fingerprint density at radius 1 is 1.09 bits per heavy atom. The average molecular weight is 311 g/mol. The van der Waals surface area contributed by atoms with E-state index in [4.69, 9.17) is 10.5 Å². The molecular formula is C20H25NO2. The lowest BCUT2D eigenvalue weighted by atomic mass is 9.84. The third kappa shape index (κ3) is 3.92. The number of ether oxygens (including phenoxy) is 1. The minimum Gasteiger partial charge on any atom is -0.488 e. The van der Waals surface area contributed by atoms with E-state index >= 15 is 0 Å². The van der Waals surface area contributed by atoms with Crippen molar-refractivity contribution in [3.63, 3.8) is 0 Å². The molecular weight excluding hydrogens is 286 g/mol. The Labute approximate surface area is 138 Å². The summed E-state index contributed by atoms with van der Waals surface area (Å²) in [4.78, 5) is 11.5. The minimum atomic E-state index is -0.475. The molecule has 1 amide bonds. The van der Waals surface area contributed by atoms with Gasteiger partial charge >= 0.3 is 0 Å². The Bertz CT molecular complexity index is 704. The van der Waals surface area contributed by atoms with Gasteiger partial charge in [-0.15, -0.1) is 0 Å². The molecule has 2 N–H and O–H groups in total. The van der Waals surface area contributed by atoms with E-state index in [0.29, 0.717) is 17.9 Å². The maximum absolute atomic E-state index is 11.5. The first-order chi connectivity index (χ1) is 10.7. The number of carbonyl (C=O) groups excluding carboxylic acids is 1. The molecule has 2 aromatic rings. The molecule has 0 saturated carbocycles. The first-order valence-corrected chi connectivity index (χ1v) is 7.82. The zero-order valence-electron chi connectivity index (χ0n) is 14.6. The largest absolute Gasteiger partial charge is 0.488 e. The molecule has 0 atom stereocenters. The number of nitrogens with two attached hydrogens (primary N) is 1. The van der Waals surface area contributed by atoms with E-state index in [0.717, 1.165) is 5.56 Å². The Kier molecular flexibility index (Phi) is 4.79. The van der Waals surface area contributed by atoms with Crippen molar-refractivity contribution in [1.29, 1.82) is 0 Å². The number of rotatable bonds is 4. The third-order valence-corrected chi connectivity index (χ3v) is 4.09. The second-order valence-electron chi connectivity index (χ2n) is 6.99. The number of para-hydroxylation sites is 1. The smallest absolute Gasteiger partial charge is 0.252 e. The van der Waals surface area contributed by atoms with Crippen LogP contribution < -0.4 is 10.5 Å². The predicted molar refractivity (Wildman–Crippen MR) is 93.9 cm³/mol. The molecule has 0 aromatic heterocycles. The minimum absolute atomic E-state index is 0.119. The van der Waals surface area contributed by atoms with E-state index in [1.165, 1.54) is 16.7 Å². The van der Waals surface area contributed by atoms with Crippen LogP contribution in [-0.2, 0) is 12.0 Å². The van der Waals surface area contributed by atoms with Crippen LogP contribution in [0.5, 0.6) is 5.75 Å². The fourth-order valence-corrected chi connectivity index (χ4v) is 2.60. The maximum atomic E-state index is 11.5. The van der Waals surface area contributed by atoms with E-state index in [-0.39, 0.29) is 5.41 Å². The summed E-state index contributed by atoms with van der Waals surface area (Å²) in [6.07, 6.45) is 0. The summed E-state index contributed by atoms with van der Waals surface area (Å²) < 4.78 is 5.87. The molecule has 3 heteroatoms. The van der Waals surface area contributed by atoms with Crippen molar-refractivity contribution in [1.82, 2.24) is 0 Å². The van der Waals surface area contributed by atoms with Gasteiger partial charge in [0.2, 0.25) is 0 Å². The predicted octanol–water partition coefficient (Wildman–Crippen LogP) is 4.28. The molecule has 0 aliphatic rings. The molecule has 2 aromatic carbocycles. The molecule has 0 aliphatic carbocycles. The van der Waals surface area contributed by atoms with Crippen LogP contribution >= 0.6 is 0 Å². The van der Waals surface area contributed by atoms with Gasteiger partial charge in [0.05, 0.1) is 5.56 Å². The van der Waals surface area contributed by atoms with Crippen LogP contribution in [0.25, 0.3) is 0 Å². The maximum Gasteiger partial charge on any atom is 0.252 e. The molecule has 122 valence electrons. The SMILES string of the molecule is Cc1cc(C(C)(C)C)cc(C)c1COc1ccccc1C(N)=O. The van der Waals surface area contributed by atoms with Gasteiger partial charge in [0, 0.05) is 0 Å². The zero-order chi connectivity index (χ0) is 17.2. The monoisotopic (exact) mass is 311 g/mol. The van der Waals surface area contributed by atoms with Gasteiger partial charge in [-0.25, -0.2) is 0 Å². The molecule has 23 heavy (non-hydrogen) atoms. The van der Waals surface area contributed by atoms with Crippen molar-refractivity contribution in [3.8, 4) is 5.75 Å². The van der Waals surface area contributed by atoms with Gasteiger partial charge in [0.1, 0.15) is 12.4 Å². The van der Waals surface area contributed by atoms with Crippen molar-refractivity contribution in [3.05, 3.63) is 64.2 Å². The van der Waals surface area contributed by atoms with Crippen molar-refractivity contribution in [2.75, 3.05) is 0 Å². The van der Waals surface area contributed by atoms with Gasteiger partial charge in [0.15, 0.2) is 0 Å². The molecule has 0 radical (unpaired) electrons. The van der Waals surface area contributed by atoms with Crippen LogP contribution in [0.4, 0.5) is 0 Å². The van der Waals surface area contributed by atoms with Crippen LogP contribution in [0.15, 0.2) is 36.4 Å². The van der Waals surface area contributed by atoms with Gasteiger partial charge < -0.3 is 10.5 Å². The van der Waals surface area contributed by atoms with E-state index in [9.17, 15) is 4.79 Å². The highest BCUT2D eigenvalue weighted by Crippen LogP contribution is 2.28. The molecule has 0 unspecified atom stereocenters. The number of hydrogen-bond acceptors (Lipinski definition) is 2. The topological polar surface area (TPSA) is 52.3 Å². The molecule has 3 nitrogen and oxygen atoms in total. The van der Waals surface area contributed by atoms with Gasteiger partial charge in [0.25, 0.3) is 5.91 Å². The van der Waals surface area contributed by atoms with Crippen molar-refractivity contribution in [2.45, 2.75) is 46.6 Å². The number of primary amides is 1. The van der Waals surface area contributed by atoms with E-state index < -0.39 is 5.91 Å². The first-order valence-electron chi connectivity index (χ1n) is 7.82. The summed E-state index contributed by atoms with van der Waals surface area (Å²) in [5.74, 6) is 0.0517. The number of amides is 1. The fourth-order valence-electron chi connectivity index (χ4n) is 2.60. The van der Waals surface area contributed by atoms with Crippen LogP contribution in [0.1, 0.15) is 53.4 Å². The van der Waals surface area contributed by atoms with Crippen LogP contribution in [0, 0.1) is 13.8 Å². The molecule has 0 fully saturated rings. The summed E-state index contributed by atoms with van der Waals surface area (Å²) in [5.41, 5.74) is 10.8. The fraction of sp³-hybridized carbons (Fsp3) is 0.350. The summed E-state index contributed by atoms with van der Waals surface area (Å²) in [6, 6.07) is 11.5.